The van der Waals surface area contributed by atoms with Gasteiger partial charge in [-0.3, -0.25) is 0 Å². The third-order valence-electron chi connectivity index (χ3n) is 4.76. The van der Waals surface area contributed by atoms with Gasteiger partial charge in [-0.2, -0.15) is 5.26 Å². The Morgan fingerprint density at radius 2 is 1.79 bits per heavy atom. The molecule has 0 bridgehead atoms. The zero-order chi connectivity index (χ0) is 13.7. The Morgan fingerprint density at radius 1 is 1.16 bits per heavy atom. The number of nitrogens with zero attached hydrogens (tertiary/aromatic N) is 1. The molecule has 0 spiro atoms. The van der Waals surface area contributed by atoms with Crippen molar-refractivity contribution < 1.29 is 9.47 Å². The van der Waals surface area contributed by atoms with Gasteiger partial charge in [0.05, 0.1) is 19.3 Å². The van der Waals surface area contributed by atoms with E-state index in [9.17, 15) is 0 Å². The highest BCUT2D eigenvalue weighted by Crippen LogP contribution is 2.34. The molecule has 1 unspecified atom stereocenters. The summed E-state index contributed by atoms with van der Waals surface area (Å²) in [6.45, 7) is 6.25. The van der Waals surface area contributed by atoms with Crippen LogP contribution in [0.2, 0.25) is 0 Å². The Morgan fingerprint density at radius 3 is 2.32 bits per heavy atom. The molecule has 0 aromatic carbocycles. The van der Waals surface area contributed by atoms with Crippen molar-refractivity contribution in [3.63, 3.8) is 0 Å². The highest BCUT2D eigenvalue weighted by atomic mass is 16.7. The minimum absolute atomic E-state index is 0.00664. The van der Waals surface area contributed by atoms with Gasteiger partial charge in [-0.25, -0.2) is 0 Å². The Bertz CT molecular complexity index is 296. The standard InChI is InChI=1S/C16H27NO2/c1-3-12(2)8-14-10-18-16(19-11-14)15-6-4-13(9-17)5-7-15/h12-16H,3-8,10-11H2,1-2H3/t12?,13-,14-,15-,16-. The van der Waals surface area contributed by atoms with E-state index >= 15 is 0 Å². The molecule has 2 fully saturated rings. The summed E-state index contributed by atoms with van der Waals surface area (Å²) in [5.41, 5.74) is 0. The van der Waals surface area contributed by atoms with Crippen LogP contribution in [0.5, 0.6) is 0 Å². The van der Waals surface area contributed by atoms with Crippen molar-refractivity contribution >= 4 is 0 Å². The van der Waals surface area contributed by atoms with Crippen molar-refractivity contribution in [1.82, 2.24) is 0 Å². The molecule has 0 N–H and O–H groups in total. The molecule has 0 radical (unpaired) electrons. The maximum Gasteiger partial charge on any atom is 0.160 e. The summed E-state index contributed by atoms with van der Waals surface area (Å²) < 4.78 is 11.9. The molecule has 1 aliphatic carbocycles. The predicted octanol–water partition coefficient (Wildman–Crippen LogP) is 3.74. The first-order chi connectivity index (χ1) is 9.22. The SMILES string of the molecule is CCC(C)C[C@H]1CO[C@H]([C@H]2CC[C@H](C#N)CC2)OC1. The molecular weight excluding hydrogens is 238 g/mol. The largest absolute Gasteiger partial charge is 0.352 e. The van der Waals surface area contributed by atoms with E-state index in [-0.39, 0.29) is 12.2 Å². The molecule has 19 heavy (non-hydrogen) atoms. The van der Waals surface area contributed by atoms with E-state index < -0.39 is 0 Å². The van der Waals surface area contributed by atoms with Crippen LogP contribution in [0.1, 0.15) is 52.4 Å². The van der Waals surface area contributed by atoms with Crippen LogP contribution in [0.3, 0.4) is 0 Å². The van der Waals surface area contributed by atoms with Gasteiger partial charge in [0.25, 0.3) is 0 Å². The van der Waals surface area contributed by atoms with Crippen LogP contribution >= 0.6 is 0 Å². The van der Waals surface area contributed by atoms with Gasteiger partial charge < -0.3 is 9.47 Å². The zero-order valence-electron chi connectivity index (χ0n) is 12.3. The first-order valence-corrected chi connectivity index (χ1v) is 7.85. The molecule has 3 heteroatoms. The third-order valence-corrected chi connectivity index (χ3v) is 4.76. The Kier molecular flexibility index (Phi) is 5.66. The number of rotatable bonds is 4. The molecule has 2 rings (SSSR count). The van der Waals surface area contributed by atoms with E-state index in [4.69, 9.17) is 14.7 Å². The molecule has 0 aromatic heterocycles. The van der Waals surface area contributed by atoms with Gasteiger partial charge in [0.1, 0.15) is 0 Å². The summed E-state index contributed by atoms with van der Waals surface area (Å²) >= 11 is 0. The van der Waals surface area contributed by atoms with Crippen molar-refractivity contribution in [3.05, 3.63) is 0 Å². The lowest BCUT2D eigenvalue weighted by Crippen LogP contribution is -2.38. The molecule has 3 nitrogen and oxygen atoms in total. The second-order valence-electron chi connectivity index (χ2n) is 6.39. The van der Waals surface area contributed by atoms with E-state index in [1.807, 2.05) is 0 Å². The minimum Gasteiger partial charge on any atom is -0.352 e. The van der Waals surface area contributed by atoms with Gasteiger partial charge in [-0.05, 0) is 38.0 Å². The molecule has 1 atom stereocenters. The van der Waals surface area contributed by atoms with Crippen molar-refractivity contribution in [2.75, 3.05) is 13.2 Å². The fourth-order valence-electron chi connectivity index (χ4n) is 3.22. The maximum absolute atomic E-state index is 8.92. The lowest BCUT2D eigenvalue weighted by molar-refractivity contribution is -0.230. The number of hydrogen-bond acceptors (Lipinski definition) is 3. The molecule has 1 aliphatic heterocycles. The van der Waals surface area contributed by atoms with Crippen molar-refractivity contribution in [2.24, 2.45) is 23.7 Å². The van der Waals surface area contributed by atoms with Crippen molar-refractivity contribution in [2.45, 2.75) is 58.7 Å². The van der Waals surface area contributed by atoms with Gasteiger partial charge in [0.2, 0.25) is 0 Å². The summed E-state index contributed by atoms with van der Waals surface area (Å²) in [6, 6.07) is 2.38. The summed E-state index contributed by atoms with van der Waals surface area (Å²) in [5.74, 6) is 2.11. The molecule has 0 amide bonds. The quantitative estimate of drug-likeness (QED) is 0.777. The van der Waals surface area contributed by atoms with E-state index in [0.717, 1.165) is 44.8 Å². The van der Waals surface area contributed by atoms with Gasteiger partial charge in [0, 0.05) is 17.8 Å². The van der Waals surface area contributed by atoms with E-state index in [1.54, 1.807) is 0 Å². The van der Waals surface area contributed by atoms with Gasteiger partial charge in [0.15, 0.2) is 6.29 Å². The third kappa shape index (κ3) is 4.19. The summed E-state index contributed by atoms with van der Waals surface area (Å²) in [5, 5.41) is 8.92. The minimum atomic E-state index is -0.00664. The van der Waals surface area contributed by atoms with Crippen LogP contribution in [0.15, 0.2) is 0 Å². The first kappa shape index (κ1) is 14.8. The highest BCUT2D eigenvalue weighted by Gasteiger charge is 2.32. The monoisotopic (exact) mass is 265 g/mol. The smallest absolute Gasteiger partial charge is 0.160 e. The number of ether oxygens (including phenoxy) is 2. The molecule has 2 aliphatic rings. The normalized spacial score (nSPS) is 37.5. The molecule has 1 saturated heterocycles. The highest BCUT2D eigenvalue weighted by molar-refractivity contribution is 4.88. The lowest BCUT2D eigenvalue weighted by atomic mass is 9.82. The summed E-state index contributed by atoms with van der Waals surface area (Å²) in [7, 11) is 0. The van der Waals surface area contributed by atoms with Crippen LogP contribution in [-0.2, 0) is 9.47 Å². The second-order valence-corrected chi connectivity index (χ2v) is 6.39. The Hall–Kier alpha value is -0.590. The molecule has 108 valence electrons. The Balaban J connectivity index is 1.70. The first-order valence-electron chi connectivity index (χ1n) is 7.85. The average molecular weight is 265 g/mol. The second kappa shape index (κ2) is 7.26. The van der Waals surface area contributed by atoms with Crippen LogP contribution in [0.4, 0.5) is 0 Å². The van der Waals surface area contributed by atoms with Gasteiger partial charge >= 0.3 is 0 Å². The molecule has 1 saturated carbocycles. The van der Waals surface area contributed by atoms with Crippen molar-refractivity contribution in [1.29, 1.82) is 5.26 Å². The summed E-state index contributed by atoms with van der Waals surface area (Å²) in [4.78, 5) is 0. The van der Waals surface area contributed by atoms with Gasteiger partial charge in [-0.15, -0.1) is 0 Å². The van der Waals surface area contributed by atoms with Crippen LogP contribution in [0, 0.1) is 35.0 Å². The molecule has 1 heterocycles. The summed E-state index contributed by atoms with van der Waals surface area (Å²) in [6.07, 6.45) is 6.63. The fraction of sp³-hybridized carbons (Fsp3) is 0.938. The van der Waals surface area contributed by atoms with E-state index in [2.05, 4.69) is 19.9 Å². The maximum atomic E-state index is 8.92. The number of hydrogen-bond donors (Lipinski definition) is 0. The topological polar surface area (TPSA) is 42.2 Å². The average Bonchev–Trinajstić information content (AvgIpc) is 2.48. The lowest BCUT2D eigenvalue weighted by Gasteiger charge is -2.37. The predicted molar refractivity (Wildman–Crippen MR) is 74.3 cm³/mol. The Labute approximate surface area is 117 Å². The zero-order valence-corrected chi connectivity index (χ0v) is 12.3. The van der Waals surface area contributed by atoms with Crippen molar-refractivity contribution in [3.8, 4) is 6.07 Å². The molecular formula is C16H27NO2. The van der Waals surface area contributed by atoms with Crippen LogP contribution in [0.25, 0.3) is 0 Å². The van der Waals surface area contributed by atoms with Crippen LogP contribution < -0.4 is 0 Å². The van der Waals surface area contributed by atoms with E-state index in [1.165, 1.54) is 12.8 Å². The van der Waals surface area contributed by atoms with Gasteiger partial charge in [-0.1, -0.05) is 20.3 Å². The molecule has 0 aromatic rings. The van der Waals surface area contributed by atoms with E-state index in [0.29, 0.717) is 11.8 Å². The number of nitriles is 1. The van der Waals surface area contributed by atoms with Crippen LogP contribution in [-0.4, -0.2) is 19.5 Å². The fourth-order valence-corrected chi connectivity index (χ4v) is 3.22.